The molecule has 1 fully saturated rings. The third kappa shape index (κ3) is 3.51. The van der Waals surface area contributed by atoms with Gasteiger partial charge in [0.1, 0.15) is 0 Å². The standard InChI is InChI=1S/C12H18BrNO2S/c1-14(6-12(7-15)8-16-9-12)5-4-10-2-3-11(13)17-10/h2-3,15H,4-9H2,1H3. The van der Waals surface area contributed by atoms with Gasteiger partial charge in [-0.25, -0.2) is 0 Å². The minimum atomic E-state index is -0.00914. The average Bonchev–Trinajstić information content (AvgIpc) is 2.67. The van der Waals surface area contributed by atoms with E-state index in [1.807, 2.05) is 0 Å². The summed E-state index contributed by atoms with van der Waals surface area (Å²) in [6, 6.07) is 4.26. The third-order valence-electron chi connectivity index (χ3n) is 3.13. The number of rotatable bonds is 6. The SMILES string of the molecule is CN(CCc1ccc(Br)s1)CC1(CO)COC1. The molecule has 1 aromatic rings. The van der Waals surface area contributed by atoms with E-state index in [0.717, 1.165) is 19.5 Å². The van der Waals surface area contributed by atoms with Crippen LogP contribution in [0.15, 0.2) is 15.9 Å². The Morgan fingerprint density at radius 1 is 1.53 bits per heavy atom. The molecule has 0 unspecified atom stereocenters. The van der Waals surface area contributed by atoms with Gasteiger partial charge in [0, 0.05) is 18.0 Å². The van der Waals surface area contributed by atoms with Gasteiger partial charge in [-0.05, 0) is 41.5 Å². The number of aliphatic hydroxyl groups is 1. The van der Waals surface area contributed by atoms with Crippen LogP contribution in [0.2, 0.25) is 0 Å². The van der Waals surface area contributed by atoms with E-state index in [2.05, 4.69) is 40.0 Å². The van der Waals surface area contributed by atoms with Crippen molar-refractivity contribution in [2.24, 2.45) is 5.41 Å². The number of halogens is 1. The van der Waals surface area contributed by atoms with Gasteiger partial charge >= 0.3 is 0 Å². The molecule has 0 amide bonds. The van der Waals surface area contributed by atoms with Crippen molar-refractivity contribution in [3.63, 3.8) is 0 Å². The Bertz CT molecular complexity index is 360. The van der Waals surface area contributed by atoms with Crippen LogP contribution in [0.5, 0.6) is 0 Å². The Kier molecular flexibility index (Phi) is 4.60. The van der Waals surface area contributed by atoms with Gasteiger partial charge in [0.15, 0.2) is 0 Å². The number of hydrogen-bond acceptors (Lipinski definition) is 4. The summed E-state index contributed by atoms with van der Waals surface area (Å²) in [6.45, 7) is 3.55. The summed E-state index contributed by atoms with van der Waals surface area (Å²) < 4.78 is 6.39. The molecule has 0 aromatic carbocycles. The summed E-state index contributed by atoms with van der Waals surface area (Å²) >= 11 is 5.26. The fourth-order valence-electron chi connectivity index (χ4n) is 2.06. The fraction of sp³-hybridized carbons (Fsp3) is 0.667. The molecule has 1 N–H and O–H groups in total. The smallest absolute Gasteiger partial charge is 0.0701 e. The number of aliphatic hydroxyl groups excluding tert-OH is 1. The average molecular weight is 320 g/mol. The molecule has 1 aliphatic rings. The third-order valence-corrected chi connectivity index (χ3v) is 4.81. The maximum Gasteiger partial charge on any atom is 0.0701 e. The number of nitrogens with zero attached hydrogens (tertiary/aromatic N) is 1. The molecule has 1 saturated heterocycles. The highest BCUT2D eigenvalue weighted by Gasteiger charge is 2.38. The summed E-state index contributed by atoms with van der Waals surface area (Å²) in [5.41, 5.74) is -0.00914. The molecular weight excluding hydrogens is 302 g/mol. The van der Waals surface area contributed by atoms with Crippen LogP contribution in [-0.4, -0.2) is 50.0 Å². The highest BCUT2D eigenvalue weighted by molar-refractivity contribution is 9.11. The van der Waals surface area contributed by atoms with E-state index in [0.29, 0.717) is 13.2 Å². The lowest BCUT2D eigenvalue weighted by atomic mass is 9.86. The molecule has 17 heavy (non-hydrogen) atoms. The summed E-state index contributed by atoms with van der Waals surface area (Å²) in [6.07, 6.45) is 1.06. The monoisotopic (exact) mass is 319 g/mol. The highest BCUT2D eigenvalue weighted by Crippen LogP contribution is 2.28. The van der Waals surface area contributed by atoms with E-state index in [4.69, 9.17) is 4.74 Å². The second-order valence-corrected chi connectivity index (χ2v) is 7.39. The van der Waals surface area contributed by atoms with Crippen molar-refractivity contribution in [2.45, 2.75) is 6.42 Å². The second-order valence-electron chi connectivity index (χ2n) is 4.84. The van der Waals surface area contributed by atoms with Crippen LogP contribution < -0.4 is 0 Å². The first-order valence-corrected chi connectivity index (χ1v) is 7.36. The largest absolute Gasteiger partial charge is 0.396 e. The Morgan fingerprint density at radius 3 is 2.76 bits per heavy atom. The van der Waals surface area contributed by atoms with E-state index in [1.165, 1.54) is 8.66 Å². The van der Waals surface area contributed by atoms with Crippen LogP contribution >= 0.6 is 27.3 Å². The zero-order valence-corrected chi connectivity index (χ0v) is 12.4. The molecule has 0 saturated carbocycles. The molecule has 2 rings (SSSR count). The molecule has 0 spiro atoms. The Hall–Kier alpha value is 0.0600. The minimum absolute atomic E-state index is 0.00914. The molecule has 0 atom stereocenters. The summed E-state index contributed by atoms with van der Waals surface area (Å²) in [5, 5.41) is 9.36. The number of ether oxygens (including phenoxy) is 1. The van der Waals surface area contributed by atoms with Crippen LogP contribution in [0.1, 0.15) is 4.88 Å². The number of hydrogen-bond donors (Lipinski definition) is 1. The normalized spacial score (nSPS) is 18.4. The zero-order valence-electron chi connectivity index (χ0n) is 9.99. The van der Waals surface area contributed by atoms with E-state index in [-0.39, 0.29) is 12.0 Å². The maximum absolute atomic E-state index is 9.36. The second kappa shape index (κ2) is 5.80. The van der Waals surface area contributed by atoms with Crippen LogP contribution in [0.4, 0.5) is 0 Å². The van der Waals surface area contributed by atoms with Crippen molar-refractivity contribution in [3.8, 4) is 0 Å². The van der Waals surface area contributed by atoms with Gasteiger partial charge in [-0.2, -0.15) is 0 Å². The topological polar surface area (TPSA) is 32.7 Å². The van der Waals surface area contributed by atoms with Gasteiger partial charge in [0.25, 0.3) is 0 Å². The zero-order chi connectivity index (χ0) is 12.3. The van der Waals surface area contributed by atoms with Crippen molar-refractivity contribution in [2.75, 3.05) is 40.0 Å². The summed E-state index contributed by atoms with van der Waals surface area (Å²) in [7, 11) is 2.11. The van der Waals surface area contributed by atoms with Crippen molar-refractivity contribution in [1.29, 1.82) is 0 Å². The van der Waals surface area contributed by atoms with E-state index < -0.39 is 0 Å². The van der Waals surface area contributed by atoms with E-state index in [1.54, 1.807) is 11.3 Å². The Balaban J connectivity index is 1.75. The molecule has 2 heterocycles. The minimum Gasteiger partial charge on any atom is -0.396 e. The summed E-state index contributed by atoms with van der Waals surface area (Å²) in [5.74, 6) is 0. The van der Waals surface area contributed by atoms with Crippen molar-refractivity contribution in [3.05, 3.63) is 20.8 Å². The molecular formula is C12H18BrNO2S. The Morgan fingerprint density at radius 2 is 2.29 bits per heavy atom. The molecule has 1 aliphatic heterocycles. The van der Waals surface area contributed by atoms with Crippen molar-refractivity contribution >= 4 is 27.3 Å². The van der Waals surface area contributed by atoms with Crippen LogP contribution in [-0.2, 0) is 11.2 Å². The molecule has 0 aliphatic carbocycles. The predicted molar refractivity (Wildman–Crippen MR) is 73.6 cm³/mol. The Labute approximate surface area is 115 Å². The first-order chi connectivity index (χ1) is 8.13. The molecule has 0 bridgehead atoms. The summed E-state index contributed by atoms with van der Waals surface area (Å²) in [4.78, 5) is 3.68. The lowest BCUT2D eigenvalue weighted by Crippen LogP contribution is -2.52. The quantitative estimate of drug-likeness (QED) is 0.870. The molecule has 0 radical (unpaired) electrons. The van der Waals surface area contributed by atoms with Crippen molar-refractivity contribution < 1.29 is 9.84 Å². The predicted octanol–water partition coefficient (Wildman–Crippen LogP) is 1.99. The van der Waals surface area contributed by atoms with Gasteiger partial charge in [0.05, 0.1) is 29.0 Å². The number of likely N-dealkylation sites (N-methyl/N-ethyl adjacent to an activating group) is 1. The van der Waals surface area contributed by atoms with Gasteiger partial charge in [-0.1, -0.05) is 0 Å². The van der Waals surface area contributed by atoms with Crippen molar-refractivity contribution in [1.82, 2.24) is 4.90 Å². The van der Waals surface area contributed by atoms with Gasteiger partial charge in [0.2, 0.25) is 0 Å². The van der Waals surface area contributed by atoms with Crippen LogP contribution in [0, 0.1) is 5.41 Å². The number of thiophene rings is 1. The molecule has 3 nitrogen and oxygen atoms in total. The maximum atomic E-state index is 9.36. The van der Waals surface area contributed by atoms with E-state index >= 15 is 0 Å². The fourth-order valence-corrected chi connectivity index (χ4v) is 3.53. The van der Waals surface area contributed by atoms with Gasteiger partial charge < -0.3 is 14.7 Å². The lowest BCUT2D eigenvalue weighted by molar-refractivity contribution is -0.146. The first-order valence-electron chi connectivity index (χ1n) is 5.75. The van der Waals surface area contributed by atoms with Crippen LogP contribution in [0.25, 0.3) is 0 Å². The van der Waals surface area contributed by atoms with Gasteiger partial charge in [-0.3, -0.25) is 0 Å². The van der Waals surface area contributed by atoms with Gasteiger partial charge in [-0.15, -0.1) is 11.3 Å². The molecule has 1 aromatic heterocycles. The highest BCUT2D eigenvalue weighted by atomic mass is 79.9. The van der Waals surface area contributed by atoms with Crippen LogP contribution in [0.3, 0.4) is 0 Å². The lowest BCUT2D eigenvalue weighted by Gasteiger charge is -2.42. The van der Waals surface area contributed by atoms with E-state index in [9.17, 15) is 5.11 Å². The first kappa shape index (κ1) is 13.5. The molecule has 96 valence electrons. The molecule has 5 heteroatoms.